The first-order valence-electron chi connectivity index (χ1n) is 3.47. The molecule has 0 aliphatic rings. The maximum atomic E-state index is 5.72. The Bertz CT molecular complexity index is 242. The van der Waals surface area contributed by atoms with E-state index in [1.807, 2.05) is 6.92 Å². The van der Waals surface area contributed by atoms with E-state index >= 15 is 0 Å². The molecule has 0 aromatic carbocycles. The molecule has 0 bridgehead atoms. The van der Waals surface area contributed by atoms with Crippen molar-refractivity contribution in [2.45, 2.75) is 13.0 Å². The summed E-state index contributed by atoms with van der Waals surface area (Å²) in [6, 6.07) is 0.191. The second-order valence-electron chi connectivity index (χ2n) is 2.40. The maximum Gasteiger partial charge on any atom is 0.186 e. The van der Waals surface area contributed by atoms with Gasteiger partial charge in [0.2, 0.25) is 0 Å². The van der Waals surface area contributed by atoms with Crippen molar-refractivity contribution in [2.24, 2.45) is 0 Å². The molecule has 0 radical (unpaired) electrons. The summed E-state index contributed by atoms with van der Waals surface area (Å²) >= 11 is 6.81. The van der Waals surface area contributed by atoms with Crippen LogP contribution in [-0.4, -0.2) is 28.5 Å². The minimum atomic E-state index is 0.191. The summed E-state index contributed by atoms with van der Waals surface area (Å²) in [6.45, 7) is 2.60. The largest absolute Gasteiger partial charge is 0.383 e. The number of rotatable bonds is 4. The van der Waals surface area contributed by atoms with E-state index in [0.29, 0.717) is 17.6 Å². The van der Waals surface area contributed by atoms with Gasteiger partial charge in [-0.1, -0.05) is 11.6 Å². The smallest absolute Gasteiger partial charge is 0.186 e. The van der Waals surface area contributed by atoms with Crippen LogP contribution in [0.15, 0.2) is 0 Å². The molecule has 12 heavy (non-hydrogen) atoms. The molecule has 0 fully saturated rings. The van der Waals surface area contributed by atoms with Gasteiger partial charge >= 0.3 is 0 Å². The molecule has 0 saturated heterocycles. The Labute approximate surface area is 80.2 Å². The first-order valence-corrected chi connectivity index (χ1v) is 4.58. The van der Waals surface area contributed by atoms with Gasteiger partial charge in [-0.15, -0.1) is 0 Å². The Hall–Kier alpha value is -0.390. The lowest BCUT2D eigenvalue weighted by Crippen LogP contribution is -2.21. The van der Waals surface area contributed by atoms with Crippen molar-refractivity contribution in [3.63, 3.8) is 0 Å². The molecule has 1 aromatic heterocycles. The number of anilines is 1. The van der Waals surface area contributed by atoms with Gasteiger partial charge in [-0.2, -0.15) is 8.75 Å². The molecule has 0 spiro atoms. The summed E-state index contributed by atoms with van der Waals surface area (Å²) in [5.41, 5.74) is 0. The Morgan fingerprint density at radius 3 is 2.92 bits per heavy atom. The highest BCUT2D eigenvalue weighted by Gasteiger charge is 2.07. The van der Waals surface area contributed by atoms with Crippen molar-refractivity contribution in [3.05, 3.63) is 5.15 Å². The number of ether oxygens (including phenoxy) is 1. The second kappa shape index (κ2) is 4.59. The minimum Gasteiger partial charge on any atom is -0.383 e. The Morgan fingerprint density at radius 1 is 1.67 bits per heavy atom. The average molecular weight is 208 g/mol. The molecular weight excluding hydrogens is 198 g/mol. The summed E-state index contributed by atoms with van der Waals surface area (Å²) < 4.78 is 12.7. The van der Waals surface area contributed by atoms with Gasteiger partial charge in [0.05, 0.1) is 18.3 Å². The third-order valence-corrected chi connectivity index (χ3v) is 2.14. The van der Waals surface area contributed by atoms with E-state index in [1.54, 1.807) is 7.11 Å². The van der Waals surface area contributed by atoms with Crippen molar-refractivity contribution in [3.8, 4) is 0 Å². The van der Waals surface area contributed by atoms with Crippen molar-refractivity contribution >= 4 is 29.1 Å². The van der Waals surface area contributed by atoms with Crippen LogP contribution < -0.4 is 5.32 Å². The topological polar surface area (TPSA) is 47.0 Å². The lowest BCUT2D eigenvalue weighted by Gasteiger charge is -2.10. The molecule has 0 amide bonds. The van der Waals surface area contributed by atoms with E-state index in [2.05, 4.69) is 14.1 Å². The third-order valence-electron chi connectivity index (χ3n) is 1.25. The highest BCUT2D eigenvalue weighted by atomic mass is 35.5. The van der Waals surface area contributed by atoms with E-state index in [1.165, 1.54) is 0 Å². The molecular formula is C6H10ClN3OS. The molecule has 1 unspecified atom stereocenters. The zero-order valence-electron chi connectivity index (χ0n) is 6.87. The molecule has 68 valence electrons. The molecule has 0 saturated carbocycles. The van der Waals surface area contributed by atoms with Crippen LogP contribution >= 0.6 is 23.3 Å². The number of halogens is 1. The Morgan fingerprint density at radius 2 is 2.42 bits per heavy atom. The number of hydrogen-bond acceptors (Lipinski definition) is 5. The van der Waals surface area contributed by atoms with Crippen LogP contribution in [0.5, 0.6) is 0 Å². The van der Waals surface area contributed by atoms with Gasteiger partial charge in [0.25, 0.3) is 0 Å². The molecule has 1 aromatic rings. The molecule has 1 rings (SSSR count). The van der Waals surface area contributed by atoms with Gasteiger partial charge in [-0.25, -0.2) is 0 Å². The highest BCUT2D eigenvalue weighted by molar-refractivity contribution is 6.99. The van der Waals surface area contributed by atoms with Crippen LogP contribution in [0, 0.1) is 0 Å². The quantitative estimate of drug-likeness (QED) is 0.816. The Kier molecular flexibility index (Phi) is 3.71. The molecule has 1 atom stereocenters. The number of nitrogens with zero attached hydrogens (tertiary/aromatic N) is 2. The fourth-order valence-corrected chi connectivity index (χ4v) is 1.45. The molecule has 0 aliphatic carbocycles. The Balaban J connectivity index is 2.46. The van der Waals surface area contributed by atoms with Crippen LogP contribution in [0.1, 0.15) is 6.92 Å². The van der Waals surface area contributed by atoms with E-state index in [9.17, 15) is 0 Å². The average Bonchev–Trinajstić information content (AvgIpc) is 2.37. The molecule has 1 heterocycles. The van der Waals surface area contributed by atoms with Gasteiger partial charge in [0.15, 0.2) is 11.0 Å². The normalized spacial score (nSPS) is 12.9. The first kappa shape index (κ1) is 9.70. The lowest BCUT2D eigenvalue weighted by atomic mass is 10.4. The summed E-state index contributed by atoms with van der Waals surface area (Å²) in [5.74, 6) is 0.631. The van der Waals surface area contributed by atoms with Crippen LogP contribution in [0.25, 0.3) is 0 Å². The van der Waals surface area contributed by atoms with Crippen molar-refractivity contribution in [2.75, 3.05) is 19.0 Å². The van der Waals surface area contributed by atoms with Crippen LogP contribution in [0.3, 0.4) is 0 Å². The summed E-state index contributed by atoms with van der Waals surface area (Å²) in [4.78, 5) is 0. The van der Waals surface area contributed by atoms with Crippen LogP contribution in [-0.2, 0) is 4.74 Å². The SMILES string of the molecule is COCC(C)Nc1nsnc1Cl. The zero-order chi connectivity index (χ0) is 8.97. The summed E-state index contributed by atoms with van der Waals surface area (Å²) in [5, 5.41) is 3.49. The second-order valence-corrected chi connectivity index (χ2v) is 3.29. The first-order chi connectivity index (χ1) is 5.74. The standard InChI is InChI=1S/C6H10ClN3OS/c1-4(3-11-2)8-6-5(7)9-12-10-6/h4H,3H2,1-2H3,(H,8,10). The molecule has 1 N–H and O–H groups in total. The van der Waals surface area contributed by atoms with Crippen molar-refractivity contribution < 1.29 is 4.74 Å². The van der Waals surface area contributed by atoms with Gasteiger partial charge in [-0.05, 0) is 6.92 Å². The predicted octanol–water partition coefficient (Wildman–Crippen LogP) is 1.64. The van der Waals surface area contributed by atoms with E-state index in [-0.39, 0.29) is 6.04 Å². The number of aromatic nitrogens is 2. The zero-order valence-corrected chi connectivity index (χ0v) is 8.45. The van der Waals surface area contributed by atoms with Crippen LogP contribution in [0.2, 0.25) is 5.15 Å². The fourth-order valence-electron chi connectivity index (χ4n) is 0.789. The van der Waals surface area contributed by atoms with E-state index < -0.39 is 0 Å². The number of hydrogen-bond donors (Lipinski definition) is 1. The molecule has 4 nitrogen and oxygen atoms in total. The van der Waals surface area contributed by atoms with Gasteiger partial charge in [0.1, 0.15) is 0 Å². The van der Waals surface area contributed by atoms with Gasteiger partial charge in [-0.3, -0.25) is 0 Å². The summed E-state index contributed by atoms with van der Waals surface area (Å²) in [7, 11) is 1.65. The van der Waals surface area contributed by atoms with Crippen LogP contribution in [0.4, 0.5) is 5.82 Å². The van der Waals surface area contributed by atoms with Gasteiger partial charge < -0.3 is 10.1 Å². The highest BCUT2D eigenvalue weighted by Crippen LogP contribution is 2.18. The monoisotopic (exact) mass is 207 g/mol. The predicted molar refractivity (Wildman–Crippen MR) is 49.9 cm³/mol. The third kappa shape index (κ3) is 2.58. The maximum absolute atomic E-state index is 5.72. The number of nitrogens with one attached hydrogen (secondary N) is 1. The number of methoxy groups -OCH3 is 1. The van der Waals surface area contributed by atoms with E-state index in [0.717, 1.165) is 11.7 Å². The van der Waals surface area contributed by atoms with Crippen molar-refractivity contribution in [1.29, 1.82) is 0 Å². The minimum absolute atomic E-state index is 0.191. The van der Waals surface area contributed by atoms with E-state index in [4.69, 9.17) is 16.3 Å². The summed E-state index contributed by atoms with van der Waals surface area (Å²) in [6.07, 6.45) is 0. The molecule has 0 aliphatic heterocycles. The molecule has 6 heteroatoms. The lowest BCUT2D eigenvalue weighted by molar-refractivity contribution is 0.190. The fraction of sp³-hybridized carbons (Fsp3) is 0.667. The van der Waals surface area contributed by atoms with Gasteiger partial charge in [0, 0.05) is 13.2 Å². The van der Waals surface area contributed by atoms with Crippen molar-refractivity contribution in [1.82, 2.24) is 8.75 Å².